The molecule has 0 fully saturated rings. The van der Waals surface area contributed by atoms with Crippen LogP contribution in [0.25, 0.3) is 117 Å². The molecule has 0 aliphatic rings. The molecule has 12 aromatic rings. The smallest absolute Gasteiger partial charge is 0.166 e. The first-order valence-corrected chi connectivity index (χ1v) is 20.7. The molecular weight excluding hydrogens is 759 g/mol. The van der Waals surface area contributed by atoms with Gasteiger partial charge in [0, 0.05) is 61.2 Å². The predicted octanol–water partition coefficient (Wildman–Crippen LogP) is 14.3. The predicted molar refractivity (Wildman–Crippen MR) is 252 cm³/mol. The number of para-hydroxylation sites is 2. The van der Waals surface area contributed by atoms with Crippen LogP contribution in [0.4, 0.5) is 0 Å². The first-order chi connectivity index (χ1) is 30.7. The SMILES string of the molecule is c1ccc(-c2cccc(-c3cnc(-c4ccc5oc6cc7c8ccccc8n(-c8ccccc8)c7cc6c5c4)c(-c4nc(-c5ccccc5)nc(-c5ccccc5)n4)c3)c2)cc1. The van der Waals surface area contributed by atoms with Gasteiger partial charge in [-0.2, -0.15) is 0 Å². The topological polar surface area (TPSA) is 69.6 Å². The molecule has 4 heterocycles. The van der Waals surface area contributed by atoms with E-state index in [1.54, 1.807) is 0 Å². The third-order valence-electron chi connectivity index (χ3n) is 11.7. The van der Waals surface area contributed by atoms with Crippen molar-refractivity contribution in [3.05, 3.63) is 212 Å². The van der Waals surface area contributed by atoms with Crippen molar-refractivity contribution in [3.63, 3.8) is 0 Å². The molecule has 0 saturated heterocycles. The maximum atomic E-state index is 6.62. The number of nitrogens with zero attached hydrogens (tertiary/aromatic N) is 5. The molecule has 0 radical (unpaired) electrons. The van der Waals surface area contributed by atoms with Gasteiger partial charge in [-0.25, -0.2) is 15.0 Å². The van der Waals surface area contributed by atoms with E-state index in [1.165, 1.54) is 5.39 Å². The third-order valence-corrected chi connectivity index (χ3v) is 11.7. The standard InChI is InChI=1S/C56H35N5O/c1-5-16-36(17-6-1)39-22-15-23-40(30-39)42-32-48(56-59-54(37-18-7-2-8-19-37)58-55(60-56)38-20-9-3-10-21-38)53(57-35-42)41-28-29-51-46(31-41)47-33-50-45(34-52(47)62-51)44-26-13-14-27-49(44)61(50)43-24-11-4-12-25-43/h1-35H. The van der Waals surface area contributed by atoms with Gasteiger partial charge in [0.1, 0.15) is 11.2 Å². The molecule has 0 aliphatic heterocycles. The van der Waals surface area contributed by atoms with Gasteiger partial charge in [0.15, 0.2) is 17.5 Å². The van der Waals surface area contributed by atoms with Crippen LogP contribution in [-0.2, 0) is 0 Å². The Hall–Kier alpha value is -8.48. The van der Waals surface area contributed by atoms with Crippen molar-refractivity contribution in [2.45, 2.75) is 0 Å². The first-order valence-electron chi connectivity index (χ1n) is 20.7. The maximum Gasteiger partial charge on any atom is 0.166 e. The lowest BCUT2D eigenvalue weighted by Crippen LogP contribution is -2.02. The molecule has 4 aromatic heterocycles. The zero-order valence-electron chi connectivity index (χ0n) is 33.4. The Balaban J connectivity index is 1.08. The van der Waals surface area contributed by atoms with Gasteiger partial charge >= 0.3 is 0 Å². The molecule has 0 unspecified atom stereocenters. The highest BCUT2D eigenvalue weighted by molar-refractivity contribution is 6.17. The van der Waals surface area contributed by atoms with Crippen molar-refractivity contribution in [2.75, 3.05) is 0 Å². The van der Waals surface area contributed by atoms with Crippen LogP contribution in [-0.4, -0.2) is 24.5 Å². The highest BCUT2D eigenvalue weighted by Crippen LogP contribution is 2.41. The molecule has 8 aromatic carbocycles. The molecule has 6 nitrogen and oxygen atoms in total. The Labute approximate surface area is 357 Å². The minimum absolute atomic E-state index is 0.535. The summed E-state index contributed by atoms with van der Waals surface area (Å²) in [5.41, 5.74) is 13.6. The lowest BCUT2D eigenvalue weighted by atomic mass is 9.96. The summed E-state index contributed by atoms with van der Waals surface area (Å²) < 4.78 is 8.96. The molecule has 6 heteroatoms. The van der Waals surface area contributed by atoms with Gasteiger partial charge in [-0.15, -0.1) is 0 Å². The molecule has 0 saturated carbocycles. The summed E-state index contributed by atoms with van der Waals surface area (Å²) in [4.78, 5) is 20.7. The first kappa shape index (κ1) is 35.5. The van der Waals surface area contributed by atoms with Gasteiger partial charge in [-0.05, 0) is 77.4 Å². The molecular formula is C56H35N5O. The second-order valence-corrected chi connectivity index (χ2v) is 15.5. The van der Waals surface area contributed by atoms with Crippen molar-refractivity contribution in [1.29, 1.82) is 0 Å². The fourth-order valence-electron chi connectivity index (χ4n) is 8.70. The van der Waals surface area contributed by atoms with E-state index in [4.69, 9.17) is 24.4 Å². The van der Waals surface area contributed by atoms with Crippen molar-refractivity contribution in [1.82, 2.24) is 24.5 Å². The van der Waals surface area contributed by atoms with Gasteiger partial charge in [-0.3, -0.25) is 4.98 Å². The molecule has 12 rings (SSSR count). The van der Waals surface area contributed by atoms with Crippen molar-refractivity contribution in [2.24, 2.45) is 0 Å². The summed E-state index contributed by atoms with van der Waals surface area (Å²) in [6.45, 7) is 0. The summed E-state index contributed by atoms with van der Waals surface area (Å²) in [7, 11) is 0. The van der Waals surface area contributed by atoms with Crippen LogP contribution >= 0.6 is 0 Å². The van der Waals surface area contributed by atoms with Crippen LogP contribution in [0.1, 0.15) is 0 Å². The highest BCUT2D eigenvalue weighted by atomic mass is 16.3. The summed E-state index contributed by atoms with van der Waals surface area (Å²) in [6.07, 6.45) is 1.96. The quantitative estimate of drug-likeness (QED) is 0.161. The lowest BCUT2D eigenvalue weighted by Gasteiger charge is -2.14. The van der Waals surface area contributed by atoms with Gasteiger partial charge < -0.3 is 8.98 Å². The van der Waals surface area contributed by atoms with Gasteiger partial charge in [0.05, 0.1) is 16.7 Å². The number of benzene rings is 8. The number of aromatic nitrogens is 5. The Morgan fingerprint density at radius 2 is 0.919 bits per heavy atom. The Bertz CT molecular complexity index is 3560. The van der Waals surface area contributed by atoms with E-state index in [9.17, 15) is 0 Å². The molecule has 0 bridgehead atoms. The van der Waals surface area contributed by atoms with E-state index in [2.05, 4.69) is 144 Å². The molecule has 62 heavy (non-hydrogen) atoms. The number of fused-ring (bicyclic) bond motifs is 6. The van der Waals surface area contributed by atoms with Crippen LogP contribution in [0, 0.1) is 0 Å². The Kier molecular flexibility index (Phi) is 8.38. The summed E-state index contributed by atoms with van der Waals surface area (Å²) in [6, 6.07) is 71.3. The van der Waals surface area contributed by atoms with Crippen LogP contribution in [0.2, 0.25) is 0 Å². The summed E-state index contributed by atoms with van der Waals surface area (Å²) in [5.74, 6) is 1.71. The van der Waals surface area contributed by atoms with E-state index in [0.29, 0.717) is 17.5 Å². The average Bonchev–Trinajstić information content (AvgIpc) is 3.88. The number of furan rings is 1. The molecule has 0 spiro atoms. The Morgan fingerprint density at radius 1 is 0.339 bits per heavy atom. The van der Waals surface area contributed by atoms with Crippen molar-refractivity contribution < 1.29 is 4.42 Å². The van der Waals surface area contributed by atoms with E-state index < -0.39 is 0 Å². The summed E-state index contributed by atoms with van der Waals surface area (Å²) in [5, 5.41) is 4.36. The molecule has 0 N–H and O–H groups in total. The number of pyridine rings is 1. The lowest BCUT2D eigenvalue weighted by molar-refractivity contribution is 0.669. The van der Waals surface area contributed by atoms with Gasteiger partial charge in [0.2, 0.25) is 0 Å². The Morgan fingerprint density at radius 3 is 1.63 bits per heavy atom. The van der Waals surface area contributed by atoms with Gasteiger partial charge in [-0.1, -0.05) is 146 Å². The molecule has 0 aliphatic carbocycles. The van der Waals surface area contributed by atoms with Crippen LogP contribution in [0.5, 0.6) is 0 Å². The van der Waals surface area contributed by atoms with Crippen LogP contribution in [0.15, 0.2) is 217 Å². The van der Waals surface area contributed by atoms with E-state index in [1.807, 2.05) is 72.9 Å². The monoisotopic (exact) mass is 793 g/mol. The summed E-state index contributed by atoms with van der Waals surface area (Å²) >= 11 is 0. The van der Waals surface area contributed by atoms with Crippen molar-refractivity contribution in [3.8, 4) is 73.4 Å². The minimum atomic E-state index is 0.535. The fourth-order valence-corrected chi connectivity index (χ4v) is 8.70. The van der Waals surface area contributed by atoms with Crippen LogP contribution < -0.4 is 0 Å². The second-order valence-electron chi connectivity index (χ2n) is 15.5. The van der Waals surface area contributed by atoms with E-state index in [0.717, 1.165) is 94.2 Å². The number of rotatable bonds is 7. The van der Waals surface area contributed by atoms with Crippen molar-refractivity contribution >= 4 is 43.7 Å². The molecule has 0 atom stereocenters. The van der Waals surface area contributed by atoms with E-state index in [-0.39, 0.29) is 0 Å². The fraction of sp³-hybridized carbons (Fsp3) is 0. The zero-order chi connectivity index (χ0) is 41.0. The zero-order valence-corrected chi connectivity index (χ0v) is 33.4. The highest BCUT2D eigenvalue weighted by Gasteiger charge is 2.21. The number of hydrogen-bond donors (Lipinski definition) is 0. The molecule has 290 valence electrons. The van der Waals surface area contributed by atoms with Gasteiger partial charge in [0.25, 0.3) is 0 Å². The second kappa shape index (κ2) is 14.7. The third kappa shape index (κ3) is 6.13. The maximum absolute atomic E-state index is 6.62. The normalized spacial score (nSPS) is 11.5. The van der Waals surface area contributed by atoms with E-state index >= 15 is 0 Å². The number of hydrogen-bond acceptors (Lipinski definition) is 5. The minimum Gasteiger partial charge on any atom is -0.456 e. The average molecular weight is 794 g/mol. The van der Waals surface area contributed by atoms with Crippen LogP contribution in [0.3, 0.4) is 0 Å². The largest absolute Gasteiger partial charge is 0.456 e. The molecule has 0 amide bonds.